The van der Waals surface area contributed by atoms with Crippen molar-refractivity contribution in [1.29, 1.82) is 0 Å². The molecule has 8 heterocycles. The van der Waals surface area contributed by atoms with E-state index in [1.807, 2.05) is 0 Å². The first-order valence-corrected chi connectivity index (χ1v) is 29.2. The molecule has 8 saturated heterocycles. The second-order valence-electron chi connectivity index (χ2n) is 23.2. The van der Waals surface area contributed by atoms with E-state index < -0.39 is 304 Å². The van der Waals surface area contributed by atoms with Gasteiger partial charge in [0.25, 0.3) is 0 Å². The van der Waals surface area contributed by atoms with Crippen LogP contribution in [0.5, 0.6) is 0 Å². The van der Waals surface area contributed by atoms with Crippen LogP contribution in [0.4, 0.5) is 0 Å². The molecule has 26 N–H and O–H groups in total. The first-order valence-electron chi connectivity index (χ1n) is 29.2. The Balaban J connectivity index is 1.12. The highest BCUT2D eigenvalue weighted by Crippen LogP contribution is 2.38. The molecule has 0 radical (unpaired) electrons. The van der Waals surface area contributed by atoms with Crippen molar-refractivity contribution in [2.45, 2.75) is 253 Å². The molecular weight excluding hydrogens is 1270 g/mol. The fraction of sp³-hybridized carbons (Fsp3) is 0.980. The molecule has 8 aliphatic rings. The van der Waals surface area contributed by atoms with Gasteiger partial charge in [0.2, 0.25) is 5.91 Å². The minimum atomic E-state index is -2.44. The Kier molecular flexibility index (Phi) is 26.9. The van der Waals surface area contributed by atoms with Crippen LogP contribution in [-0.4, -0.2) is 432 Å². The molecular formula is C50H85NO41. The zero-order chi connectivity index (χ0) is 67.6. The second-order valence-corrected chi connectivity index (χ2v) is 23.2. The molecule has 92 heavy (non-hydrogen) atoms. The maximum atomic E-state index is 12.2. The number of ether oxygens (including phenoxy) is 15. The molecule has 0 spiro atoms. The van der Waals surface area contributed by atoms with Gasteiger partial charge >= 0.3 is 0 Å². The molecule has 1 amide bonds. The highest BCUT2D eigenvalue weighted by Gasteiger charge is 2.59. The fourth-order valence-electron chi connectivity index (χ4n) is 11.6. The van der Waals surface area contributed by atoms with Gasteiger partial charge < -0.3 is 204 Å². The molecule has 42 heteroatoms. The third kappa shape index (κ3) is 16.0. The Morgan fingerprint density at radius 2 is 0.576 bits per heavy atom. The molecule has 8 fully saturated rings. The molecule has 0 bridgehead atoms. The van der Waals surface area contributed by atoms with Crippen molar-refractivity contribution in [2.24, 2.45) is 0 Å². The number of hydrogen-bond donors (Lipinski definition) is 26. The summed E-state index contributed by atoms with van der Waals surface area (Å²) in [5, 5.41) is 273. The Hall–Kier alpha value is -2.13. The van der Waals surface area contributed by atoms with Crippen molar-refractivity contribution >= 4 is 5.91 Å². The zero-order valence-electron chi connectivity index (χ0n) is 48.5. The summed E-state index contributed by atoms with van der Waals surface area (Å²) < 4.78 is 86.1. The Labute approximate surface area is 519 Å². The number of hydrogen-bond acceptors (Lipinski definition) is 41. The summed E-state index contributed by atoms with van der Waals surface area (Å²) in [6.07, 6.45) is -80.5. The van der Waals surface area contributed by atoms with Gasteiger partial charge in [-0.3, -0.25) is 4.79 Å². The van der Waals surface area contributed by atoms with Crippen molar-refractivity contribution in [3.63, 3.8) is 0 Å². The van der Waals surface area contributed by atoms with E-state index in [1.165, 1.54) is 0 Å². The SMILES string of the molecule is CC(=O)N[C@H]1C(O)O[C@H](CO)[C@@H](O[C@@H]2O[C@H](CO[C@H]3O[C@H](CO[C@H]4O[C@H](CO)[C@@H](O)[C@H](O)[C@@H]4O[C@H]4O[C@H](CO)[C@@H](O)[C@H](O)[C@@H]4O)[C@@H](O)[C@H](O[C@H]4O[C@H](CO)[C@@H](O)[C@H](O)[C@@H]4O[C@H]4O[C@H](CO)[C@@H](O)[C@H](O)[C@@H]4O)[C@@H]3O)[C@@H](O)[C@H](O[C@H]3O[C@H](CO)[C@@H](O)[C@H](O)[C@@H]3O)[C@@H]2O)[C@@H]1O. The Bertz CT molecular complexity index is 2260. The molecule has 536 valence electrons. The van der Waals surface area contributed by atoms with Crippen LogP contribution in [0.25, 0.3) is 0 Å². The van der Waals surface area contributed by atoms with Crippen LogP contribution in [0.1, 0.15) is 6.92 Å². The predicted octanol–water partition coefficient (Wildman–Crippen LogP) is -18.3. The van der Waals surface area contributed by atoms with Gasteiger partial charge in [-0.05, 0) is 0 Å². The molecule has 0 aromatic rings. The maximum absolute atomic E-state index is 12.2. The molecule has 40 atom stereocenters. The van der Waals surface area contributed by atoms with Crippen LogP contribution in [0, 0.1) is 0 Å². The van der Waals surface area contributed by atoms with Gasteiger partial charge in [-0.15, -0.1) is 0 Å². The Morgan fingerprint density at radius 3 is 0.978 bits per heavy atom. The van der Waals surface area contributed by atoms with E-state index >= 15 is 0 Å². The fourth-order valence-corrected chi connectivity index (χ4v) is 11.6. The van der Waals surface area contributed by atoms with E-state index in [0.717, 1.165) is 6.92 Å². The first-order chi connectivity index (χ1) is 43.5. The van der Waals surface area contributed by atoms with Gasteiger partial charge in [-0.1, -0.05) is 0 Å². The minimum Gasteiger partial charge on any atom is -0.394 e. The average molecular weight is 1360 g/mol. The van der Waals surface area contributed by atoms with Crippen LogP contribution in [-0.2, 0) is 75.8 Å². The molecule has 8 rings (SSSR count). The topological polar surface area (TPSA) is 673 Å². The van der Waals surface area contributed by atoms with Gasteiger partial charge in [0, 0.05) is 6.92 Å². The van der Waals surface area contributed by atoms with Crippen LogP contribution in [0.3, 0.4) is 0 Å². The van der Waals surface area contributed by atoms with Crippen molar-refractivity contribution in [3.8, 4) is 0 Å². The molecule has 0 aromatic carbocycles. The van der Waals surface area contributed by atoms with Crippen molar-refractivity contribution in [3.05, 3.63) is 0 Å². The monoisotopic (exact) mass is 1360 g/mol. The van der Waals surface area contributed by atoms with Gasteiger partial charge in [0.15, 0.2) is 50.3 Å². The summed E-state index contributed by atoms with van der Waals surface area (Å²) in [6.45, 7) is -7.33. The summed E-state index contributed by atoms with van der Waals surface area (Å²) in [7, 11) is 0. The van der Waals surface area contributed by atoms with E-state index in [2.05, 4.69) is 5.32 Å². The lowest BCUT2D eigenvalue weighted by atomic mass is 9.95. The number of carbonyl (C=O) groups is 1. The normalized spacial score (nSPS) is 52.2. The molecule has 42 nitrogen and oxygen atoms in total. The van der Waals surface area contributed by atoms with Crippen LogP contribution in [0.2, 0.25) is 0 Å². The van der Waals surface area contributed by atoms with Gasteiger partial charge in [-0.25, -0.2) is 0 Å². The third-order valence-corrected chi connectivity index (χ3v) is 17.0. The summed E-state index contributed by atoms with van der Waals surface area (Å²) in [4.78, 5) is 12.1. The number of carbonyl (C=O) groups excluding carboxylic acids is 1. The standard InChI is InChI=1S/C50H85NO41/c1-10(58)51-19-27(66)38(16(7-57)80-43(19)77)88-48-37(76)40(89-45-33(72)28(67)20(59)11(2-52)81-45)26(65)18(87-48)8-78-44-36(75)39(90-50-42(32(71)24(63)15(6-56)85-50)92-47-35(74)30(69)22(61)13(4-54)83-47)25(64)17(86-44)9-79-49-41(31(70)23(62)14(5-55)84-49)91-46-34(73)29(68)21(60)12(3-53)82-46/h11-50,52-57,59-77H,2-9H2,1H3,(H,51,58)/t11-,12-,13-,14-,15-,16-,17-,18-,19-,20-,21-,22-,23-,24-,25-,26-,27-,28+,29+,30+,31+,32+,33+,34+,35+,36+,37+,38-,39+,40+,41+,42+,43?,44+,45-,46-,47-,48+,49+,50-/m1/s1. The predicted molar refractivity (Wildman–Crippen MR) is 276 cm³/mol. The van der Waals surface area contributed by atoms with Crippen LogP contribution in [0.15, 0.2) is 0 Å². The van der Waals surface area contributed by atoms with Crippen molar-refractivity contribution in [2.75, 3.05) is 52.9 Å². The quantitative estimate of drug-likeness (QED) is 0.0452. The number of nitrogens with one attached hydrogen (secondary N) is 1. The minimum absolute atomic E-state index is 0.805. The first kappa shape index (κ1) is 75.6. The molecule has 0 aliphatic carbocycles. The van der Waals surface area contributed by atoms with Gasteiger partial charge in [0.05, 0.1) is 52.9 Å². The Morgan fingerprint density at radius 1 is 0.283 bits per heavy atom. The van der Waals surface area contributed by atoms with Gasteiger partial charge in [-0.2, -0.15) is 0 Å². The summed E-state index contributed by atoms with van der Waals surface area (Å²) >= 11 is 0. The average Bonchev–Trinajstić information content (AvgIpc) is 0.789. The number of rotatable bonds is 23. The molecule has 8 aliphatic heterocycles. The van der Waals surface area contributed by atoms with Crippen LogP contribution < -0.4 is 5.32 Å². The largest absolute Gasteiger partial charge is 0.394 e. The van der Waals surface area contributed by atoms with Crippen molar-refractivity contribution in [1.82, 2.24) is 5.32 Å². The summed E-state index contributed by atoms with van der Waals surface area (Å²) in [5.74, 6) is -0.805. The smallest absolute Gasteiger partial charge is 0.217 e. The van der Waals surface area contributed by atoms with Crippen molar-refractivity contribution < 1.29 is 204 Å². The molecule has 1 unspecified atom stereocenters. The third-order valence-electron chi connectivity index (χ3n) is 17.0. The van der Waals surface area contributed by atoms with Crippen LogP contribution >= 0.6 is 0 Å². The number of amides is 1. The van der Waals surface area contributed by atoms with E-state index in [0.29, 0.717) is 0 Å². The highest BCUT2D eigenvalue weighted by molar-refractivity contribution is 5.73. The zero-order valence-corrected chi connectivity index (χ0v) is 48.5. The number of aliphatic hydroxyl groups is 25. The lowest BCUT2D eigenvalue weighted by Crippen LogP contribution is -2.68. The van der Waals surface area contributed by atoms with E-state index in [-0.39, 0.29) is 0 Å². The molecule has 0 aromatic heterocycles. The molecule has 0 saturated carbocycles. The second kappa shape index (κ2) is 32.7. The lowest BCUT2D eigenvalue weighted by Gasteiger charge is -2.49. The maximum Gasteiger partial charge on any atom is 0.217 e. The highest BCUT2D eigenvalue weighted by atomic mass is 16.8. The number of aliphatic hydroxyl groups excluding tert-OH is 25. The van der Waals surface area contributed by atoms with E-state index in [4.69, 9.17) is 71.1 Å². The summed E-state index contributed by atoms with van der Waals surface area (Å²) in [6, 6.07) is -1.69. The van der Waals surface area contributed by atoms with E-state index in [9.17, 15) is 132 Å². The lowest BCUT2D eigenvalue weighted by molar-refractivity contribution is -0.396. The van der Waals surface area contributed by atoms with Gasteiger partial charge in [0.1, 0.15) is 195 Å². The van der Waals surface area contributed by atoms with E-state index in [1.54, 1.807) is 0 Å². The summed E-state index contributed by atoms with van der Waals surface area (Å²) in [5.41, 5.74) is 0.